The van der Waals surface area contributed by atoms with E-state index in [9.17, 15) is 9.59 Å². The smallest absolute Gasteiger partial charge is 0.303 e. The molecule has 0 heterocycles. The zero-order chi connectivity index (χ0) is 9.56. The Morgan fingerprint density at radius 1 is 1.25 bits per heavy atom. The van der Waals surface area contributed by atoms with E-state index in [1.165, 1.54) is 0 Å². The Hall–Kier alpha value is -1.12. The molecule has 0 aromatic carbocycles. The number of Topliss-reactive ketones (excluding diaryl/α,β-unsaturated/α-hetero) is 1. The molecule has 0 aliphatic carbocycles. The van der Waals surface area contributed by atoms with Crippen LogP contribution in [0.2, 0.25) is 0 Å². The SMILES string of the molecule is CC(C)=CCC(=O)CCC(=O)O. The molecule has 0 saturated heterocycles. The van der Waals surface area contributed by atoms with Crippen molar-refractivity contribution in [2.24, 2.45) is 0 Å². The van der Waals surface area contributed by atoms with Gasteiger partial charge in [-0.3, -0.25) is 9.59 Å². The first-order valence-corrected chi connectivity index (χ1v) is 3.89. The Balaban J connectivity index is 3.61. The summed E-state index contributed by atoms with van der Waals surface area (Å²) in [6.07, 6.45) is 2.24. The highest BCUT2D eigenvalue weighted by Crippen LogP contribution is 1.99. The molecule has 0 aliphatic heterocycles. The standard InChI is InChI=1S/C9H14O3/c1-7(2)3-4-8(10)5-6-9(11)12/h3H,4-6H2,1-2H3,(H,11,12). The van der Waals surface area contributed by atoms with E-state index in [0.29, 0.717) is 6.42 Å². The van der Waals surface area contributed by atoms with E-state index in [0.717, 1.165) is 5.57 Å². The van der Waals surface area contributed by atoms with Crippen molar-refractivity contribution in [1.29, 1.82) is 0 Å². The summed E-state index contributed by atoms with van der Waals surface area (Å²) in [4.78, 5) is 21.0. The fourth-order valence-corrected chi connectivity index (χ4v) is 0.666. The van der Waals surface area contributed by atoms with Crippen LogP contribution < -0.4 is 0 Å². The lowest BCUT2D eigenvalue weighted by Crippen LogP contribution is -2.01. The third-order valence-corrected chi connectivity index (χ3v) is 1.36. The molecule has 0 amide bonds. The van der Waals surface area contributed by atoms with Gasteiger partial charge in [-0.1, -0.05) is 11.6 Å². The number of carboxylic acid groups (broad SMARTS) is 1. The molecule has 0 fully saturated rings. The monoisotopic (exact) mass is 170 g/mol. The Kier molecular flexibility index (Phi) is 5.00. The van der Waals surface area contributed by atoms with E-state index < -0.39 is 5.97 Å². The van der Waals surface area contributed by atoms with Gasteiger partial charge in [0.1, 0.15) is 5.78 Å². The highest BCUT2D eigenvalue weighted by molar-refractivity contribution is 5.83. The van der Waals surface area contributed by atoms with Gasteiger partial charge >= 0.3 is 5.97 Å². The van der Waals surface area contributed by atoms with Gasteiger partial charge in [-0.25, -0.2) is 0 Å². The van der Waals surface area contributed by atoms with Gasteiger partial charge < -0.3 is 5.11 Å². The number of carboxylic acids is 1. The molecular formula is C9H14O3. The van der Waals surface area contributed by atoms with E-state index in [1.807, 2.05) is 19.9 Å². The maximum absolute atomic E-state index is 10.9. The van der Waals surface area contributed by atoms with Crippen molar-refractivity contribution in [2.45, 2.75) is 33.1 Å². The Morgan fingerprint density at radius 2 is 1.83 bits per heavy atom. The molecule has 0 bridgehead atoms. The lowest BCUT2D eigenvalue weighted by Gasteiger charge is -1.94. The summed E-state index contributed by atoms with van der Waals surface area (Å²) in [5, 5.41) is 8.27. The van der Waals surface area contributed by atoms with Crippen LogP contribution in [0.15, 0.2) is 11.6 Å². The van der Waals surface area contributed by atoms with Crippen LogP contribution in [-0.4, -0.2) is 16.9 Å². The molecule has 3 nitrogen and oxygen atoms in total. The van der Waals surface area contributed by atoms with Crippen molar-refractivity contribution in [3.05, 3.63) is 11.6 Å². The second kappa shape index (κ2) is 5.52. The average molecular weight is 170 g/mol. The van der Waals surface area contributed by atoms with Gasteiger partial charge in [0, 0.05) is 12.8 Å². The molecule has 1 N–H and O–H groups in total. The van der Waals surface area contributed by atoms with Gasteiger partial charge in [-0.15, -0.1) is 0 Å². The minimum absolute atomic E-state index is 0.0152. The fraction of sp³-hybridized carbons (Fsp3) is 0.556. The van der Waals surface area contributed by atoms with Gasteiger partial charge in [0.15, 0.2) is 0 Å². The number of allylic oxidation sites excluding steroid dienone is 2. The molecule has 0 radical (unpaired) electrons. The quantitative estimate of drug-likeness (QED) is 0.640. The number of aliphatic carboxylic acids is 1. The van der Waals surface area contributed by atoms with Crippen LogP contribution in [0.5, 0.6) is 0 Å². The molecule has 3 heteroatoms. The maximum atomic E-state index is 10.9. The van der Waals surface area contributed by atoms with E-state index >= 15 is 0 Å². The summed E-state index contributed by atoms with van der Waals surface area (Å²) in [7, 11) is 0. The third kappa shape index (κ3) is 6.99. The molecule has 0 aliphatic rings. The van der Waals surface area contributed by atoms with Crippen molar-refractivity contribution in [3.63, 3.8) is 0 Å². The fourth-order valence-electron chi connectivity index (χ4n) is 0.666. The van der Waals surface area contributed by atoms with Gasteiger partial charge in [-0.05, 0) is 13.8 Å². The normalized spacial score (nSPS) is 9.17. The summed E-state index contributed by atoms with van der Waals surface area (Å²) in [5.74, 6) is -0.931. The van der Waals surface area contributed by atoms with Crippen molar-refractivity contribution < 1.29 is 14.7 Å². The lowest BCUT2D eigenvalue weighted by molar-refractivity contribution is -0.138. The molecule has 0 atom stereocenters. The van der Waals surface area contributed by atoms with Crippen LogP contribution in [0, 0.1) is 0 Å². The predicted octanol–water partition coefficient (Wildman–Crippen LogP) is 1.78. The second-order valence-electron chi connectivity index (χ2n) is 2.92. The van der Waals surface area contributed by atoms with E-state index in [-0.39, 0.29) is 18.6 Å². The van der Waals surface area contributed by atoms with Crippen LogP contribution in [0.4, 0.5) is 0 Å². The Morgan fingerprint density at radius 3 is 2.25 bits per heavy atom. The van der Waals surface area contributed by atoms with E-state index in [2.05, 4.69) is 0 Å². The van der Waals surface area contributed by atoms with Gasteiger partial charge in [-0.2, -0.15) is 0 Å². The molecule has 0 aromatic rings. The van der Waals surface area contributed by atoms with Crippen molar-refractivity contribution in [3.8, 4) is 0 Å². The molecule has 0 aromatic heterocycles. The summed E-state index contributed by atoms with van der Waals surface area (Å²) < 4.78 is 0. The first-order valence-electron chi connectivity index (χ1n) is 3.89. The highest BCUT2D eigenvalue weighted by Gasteiger charge is 2.03. The summed E-state index contributed by atoms with van der Waals surface area (Å²) in [6, 6.07) is 0. The first-order chi connectivity index (χ1) is 5.52. The van der Waals surface area contributed by atoms with Crippen LogP contribution in [0.25, 0.3) is 0 Å². The molecule has 0 spiro atoms. The molecule has 0 saturated carbocycles. The summed E-state index contributed by atoms with van der Waals surface area (Å²) in [5.41, 5.74) is 1.08. The topological polar surface area (TPSA) is 54.4 Å². The molecule has 12 heavy (non-hydrogen) atoms. The van der Waals surface area contributed by atoms with Gasteiger partial charge in [0.05, 0.1) is 6.42 Å². The minimum atomic E-state index is -0.916. The Bertz CT molecular complexity index is 200. The number of hydrogen-bond donors (Lipinski definition) is 1. The zero-order valence-electron chi connectivity index (χ0n) is 7.46. The van der Waals surface area contributed by atoms with E-state index in [1.54, 1.807) is 0 Å². The van der Waals surface area contributed by atoms with Gasteiger partial charge in [0.25, 0.3) is 0 Å². The van der Waals surface area contributed by atoms with Crippen LogP contribution >= 0.6 is 0 Å². The Labute approximate surface area is 72.1 Å². The first kappa shape index (κ1) is 10.9. The summed E-state index contributed by atoms with van der Waals surface area (Å²) in [6.45, 7) is 3.81. The maximum Gasteiger partial charge on any atom is 0.303 e. The number of carbonyl (C=O) groups is 2. The van der Waals surface area contributed by atoms with Crippen LogP contribution in [-0.2, 0) is 9.59 Å². The van der Waals surface area contributed by atoms with Crippen LogP contribution in [0.1, 0.15) is 33.1 Å². The van der Waals surface area contributed by atoms with Crippen molar-refractivity contribution in [1.82, 2.24) is 0 Å². The largest absolute Gasteiger partial charge is 0.481 e. The zero-order valence-corrected chi connectivity index (χ0v) is 7.46. The predicted molar refractivity (Wildman–Crippen MR) is 45.9 cm³/mol. The third-order valence-electron chi connectivity index (χ3n) is 1.36. The lowest BCUT2D eigenvalue weighted by atomic mass is 10.1. The summed E-state index contributed by atoms with van der Waals surface area (Å²) >= 11 is 0. The number of hydrogen-bond acceptors (Lipinski definition) is 2. The molecule has 68 valence electrons. The number of carbonyl (C=O) groups excluding carboxylic acids is 1. The van der Waals surface area contributed by atoms with Crippen LogP contribution in [0.3, 0.4) is 0 Å². The second-order valence-corrected chi connectivity index (χ2v) is 2.92. The number of rotatable bonds is 5. The molecular weight excluding hydrogens is 156 g/mol. The van der Waals surface area contributed by atoms with Gasteiger partial charge in [0.2, 0.25) is 0 Å². The highest BCUT2D eigenvalue weighted by atomic mass is 16.4. The van der Waals surface area contributed by atoms with Crippen molar-refractivity contribution >= 4 is 11.8 Å². The van der Waals surface area contributed by atoms with E-state index in [4.69, 9.17) is 5.11 Å². The number of ketones is 1. The minimum Gasteiger partial charge on any atom is -0.481 e. The van der Waals surface area contributed by atoms with Crippen molar-refractivity contribution in [2.75, 3.05) is 0 Å². The average Bonchev–Trinajstić information content (AvgIpc) is 1.96. The molecule has 0 unspecified atom stereocenters. The molecule has 0 rings (SSSR count).